The highest BCUT2D eigenvalue weighted by Crippen LogP contribution is 2.44. The fraction of sp³-hybridized carbons (Fsp3) is 0.444. The standard InChI is InChI=1S/C18H18F2N2O2/c19-12-5-6-13(20)18-15-8-21-9-22(15)14(17(12)18)7-16(24)10-1-3-11(23)4-2-10/h5-6,8-11,14,23H,1-4,7H2. The molecule has 126 valence electrons. The minimum atomic E-state index is -0.549. The lowest BCUT2D eigenvalue weighted by Crippen LogP contribution is -2.26. The van der Waals surface area contributed by atoms with Crippen molar-refractivity contribution < 1.29 is 18.7 Å². The van der Waals surface area contributed by atoms with Crippen LogP contribution in [0.25, 0.3) is 11.3 Å². The topological polar surface area (TPSA) is 55.1 Å². The lowest BCUT2D eigenvalue weighted by molar-refractivity contribution is -0.124. The Labute approximate surface area is 138 Å². The van der Waals surface area contributed by atoms with Gasteiger partial charge in [0.25, 0.3) is 0 Å². The van der Waals surface area contributed by atoms with Crippen LogP contribution in [0.3, 0.4) is 0 Å². The monoisotopic (exact) mass is 332 g/mol. The van der Waals surface area contributed by atoms with Crippen LogP contribution in [0.4, 0.5) is 8.78 Å². The van der Waals surface area contributed by atoms with Crippen LogP contribution in [0, 0.1) is 17.6 Å². The Kier molecular flexibility index (Phi) is 3.72. The average molecular weight is 332 g/mol. The maximum atomic E-state index is 14.4. The molecule has 1 aromatic heterocycles. The molecular formula is C18H18F2N2O2. The van der Waals surface area contributed by atoms with Crippen molar-refractivity contribution in [1.29, 1.82) is 0 Å². The summed E-state index contributed by atoms with van der Waals surface area (Å²) in [4.78, 5) is 16.7. The van der Waals surface area contributed by atoms with Gasteiger partial charge in [-0.3, -0.25) is 4.79 Å². The highest BCUT2D eigenvalue weighted by Gasteiger charge is 2.36. The zero-order chi connectivity index (χ0) is 16.8. The largest absolute Gasteiger partial charge is 0.393 e. The number of hydrogen-bond donors (Lipinski definition) is 1. The molecule has 1 N–H and O–H groups in total. The van der Waals surface area contributed by atoms with Gasteiger partial charge < -0.3 is 9.67 Å². The SMILES string of the molecule is O=C(CC1c2c(F)ccc(F)c2-c2cncn21)C1CCC(O)CC1. The van der Waals surface area contributed by atoms with Gasteiger partial charge in [0.05, 0.1) is 30.4 Å². The molecule has 0 bridgehead atoms. The number of imidazole rings is 1. The van der Waals surface area contributed by atoms with Gasteiger partial charge in [0.15, 0.2) is 0 Å². The van der Waals surface area contributed by atoms with Crippen LogP contribution in [0.2, 0.25) is 0 Å². The Morgan fingerprint density at radius 3 is 2.67 bits per heavy atom. The molecule has 0 spiro atoms. The van der Waals surface area contributed by atoms with E-state index in [1.165, 1.54) is 12.5 Å². The Morgan fingerprint density at radius 2 is 1.92 bits per heavy atom. The molecule has 24 heavy (non-hydrogen) atoms. The van der Waals surface area contributed by atoms with E-state index < -0.39 is 17.7 Å². The number of aliphatic hydroxyl groups is 1. The van der Waals surface area contributed by atoms with Gasteiger partial charge >= 0.3 is 0 Å². The Hall–Kier alpha value is -2.08. The number of ketones is 1. The summed E-state index contributed by atoms with van der Waals surface area (Å²) < 4.78 is 30.3. The fourth-order valence-electron chi connectivity index (χ4n) is 3.99. The second-order valence-corrected chi connectivity index (χ2v) is 6.70. The lowest BCUT2D eigenvalue weighted by atomic mass is 9.82. The van der Waals surface area contributed by atoms with Crippen molar-refractivity contribution in [2.24, 2.45) is 5.92 Å². The number of carbonyl (C=O) groups is 1. The number of halogens is 2. The number of aromatic nitrogens is 2. The van der Waals surface area contributed by atoms with Crippen LogP contribution in [-0.4, -0.2) is 26.5 Å². The van der Waals surface area contributed by atoms with Crippen LogP contribution < -0.4 is 0 Å². The van der Waals surface area contributed by atoms with Gasteiger partial charge in [-0.05, 0) is 37.8 Å². The summed E-state index contributed by atoms with van der Waals surface area (Å²) in [6.07, 6.45) is 5.38. The van der Waals surface area contributed by atoms with E-state index in [9.17, 15) is 18.7 Å². The first-order chi connectivity index (χ1) is 11.6. The first kappa shape index (κ1) is 15.4. The van der Waals surface area contributed by atoms with Gasteiger partial charge in [0.1, 0.15) is 17.4 Å². The van der Waals surface area contributed by atoms with E-state index in [1.54, 1.807) is 4.57 Å². The zero-order valence-corrected chi connectivity index (χ0v) is 13.1. The predicted molar refractivity (Wildman–Crippen MR) is 83.3 cm³/mol. The number of aliphatic hydroxyl groups excluding tert-OH is 1. The smallest absolute Gasteiger partial charge is 0.138 e. The molecule has 2 heterocycles. The molecule has 4 nitrogen and oxygen atoms in total. The van der Waals surface area contributed by atoms with Crippen LogP contribution in [0.5, 0.6) is 0 Å². The van der Waals surface area contributed by atoms with Gasteiger partial charge in [0.2, 0.25) is 0 Å². The summed E-state index contributed by atoms with van der Waals surface area (Å²) in [7, 11) is 0. The van der Waals surface area contributed by atoms with Gasteiger partial charge in [-0.25, -0.2) is 13.8 Å². The number of carbonyl (C=O) groups excluding carboxylic acids is 1. The minimum Gasteiger partial charge on any atom is -0.393 e. The maximum absolute atomic E-state index is 14.4. The highest BCUT2D eigenvalue weighted by atomic mass is 19.1. The summed E-state index contributed by atoms with van der Waals surface area (Å²) in [5.41, 5.74) is 0.972. The molecule has 1 fully saturated rings. The van der Waals surface area contributed by atoms with Crippen molar-refractivity contribution in [1.82, 2.24) is 9.55 Å². The second-order valence-electron chi connectivity index (χ2n) is 6.70. The van der Waals surface area contributed by atoms with Crippen LogP contribution >= 0.6 is 0 Å². The van der Waals surface area contributed by atoms with E-state index in [-0.39, 0.29) is 35.4 Å². The van der Waals surface area contributed by atoms with Crippen molar-refractivity contribution in [2.45, 2.75) is 44.2 Å². The third-order valence-electron chi connectivity index (χ3n) is 5.28. The molecule has 1 atom stereocenters. The molecule has 0 saturated heterocycles. The molecule has 6 heteroatoms. The molecule has 0 amide bonds. The van der Waals surface area contributed by atoms with E-state index >= 15 is 0 Å². The summed E-state index contributed by atoms with van der Waals surface area (Å²) in [6.45, 7) is 0. The quantitative estimate of drug-likeness (QED) is 0.939. The molecule has 1 unspecified atom stereocenters. The second kappa shape index (κ2) is 5.77. The zero-order valence-electron chi connectivity index (χ0n) is 13.1. The van der Waals surface area contributed by atoms with E-state index in [2.05, 4.69) is 4.98 Å². The Bertz CT molecular complexity index is 794. The normalized spacial score (nSPS) is 25.4. The number of fused-ring (bicyclic) bond motifs is 3. The molecule has 2 aromatic rings. The molecule has 1 aromatic carbocycles. The number of Topliss-reactive ketones (excluding diaryl/α,β-unsaturated/α-hetero) is 1. The van der Waals surface area contributed by atoms with Crippen molar-refractivity contribution in [3.05, 3.63) is 41.9 Å². The molecule has 0 radical (unpaired) electrons. The van der Waals surface area contributed by atoms with E-state index in [0.29, 0.717) is 31.4 Å². The third kappa shape index (κ3) is 2.36. The van der Waals surface area contributed by atoms with Crippen LogP contribution in [-0.2, 0) is 4.79 Å². The van der Waals surface area contributed by atoms with Gasteiger partial charge in [-0.1, -0.05) is 0 Å². The fourth-order valence-corrected chi connectivity index (χ4v) is 3.99. The van der Waals surface area contributed by atoms with Crippen molar-refractivity contribution in [3.63, 3.8) is 0 Å². The highest BCUT2D eigenvalue weighted by molar-refractivity contribution is 5.83. The lowest BCUT2D eigenvalue weighted by Gasteiger charge is -2.25. The van der Waals surface area contributed by atoms with Gasteiger partial charge in [-0.2, -0.15) is 0 Å². The maximum Gasteiger partial charge on any atom is 0.138 e. The molecule has 4 rings (SSSR count). The number of rotatable bonds is 3. The van der Waals surface area contributed by atoms with Crippen molar-refractivity contribution in [3.8, 4) is 11.3 Å². The first-order valence-corrected chi connectivity index (χ1v) is 8.27. The summed E-state index contributed by atoms with van der Waals surface area (Å²) in [6, 6.07) is 1.67. The van der Waals surface area contributed by atoms with Crippen molar-refractivity contribution >= 4 is 5.78 Å². The van der Waals surface area contributed by atoms with E-state index in [4.69, 9.17) is 0 Å². The third-order valence-corrected chi connectivity index (χ3v) is 5.28. The Morgan fingerprint density at radius 1 is 1.21 bits per heavy atom. The average Bonchev–Trinajstić information content (AvgIpc) is 3.14. The number of hydrogen-bond acceptors (Lipinski definition) is 3. The summed E-state index contributed by atoms with van der Waals surface area (Å²) >= 11 is 0. The molecule has 1 aliphatic carbocycles. The molecule has 2 aliphatic rings. The Balaban J connectivity index is 1.65. The predicted octanol–water partition coefficient (Wildman–Crippen LogP) is 3.24. The van der Waals surface area contributed by atoms with E-state index in [1.807, 2.05) is 0 Å². The molecular weight excluding hydrogens is 314 g/mol. The first-order valence-electron chi connectivity index (χ1n) is 8.27. The van der Waals surface area contributed by atoms with Crippen molar-refractivity contribution in [2.75, 3.05) is 0 Å². The van der Waals surface area contributed by atoms with E-state index in [0.717, 1.165) is 12.1 Å². The summed E-state index contributed by atoms with van der Waals surface area (Å²) in [5, 5.41) is 9.58. The minimum absolute atomic E-state index is 0.0445. The summed E-state index contributed by atoms with van der Waals surface area (Å²) in [5.74, 6) is -1.06. The van der Waals surface area contributed by atoms with Gasteiger partial charge in [0, 0.05) is 23.5 Å². The van der Waals surface area contributed by atoms with Crippen LogP contribution in [0.15, 0.2) is 24.7 Å². The number of nitrogens with zero attached hydrogens (tertiary/aromatic N) is 2. The van der Waals surface area contributed by atoms with Gasteiger partial charge in [-0.15, -0.1) is 0 Å². The van der Waals surface area contributed by atoms with Crippen LogP contribution in [0.1, 0.15) is 43.7 Å². The number of benzene rings is 1. The molecule has 1 aliphatic heterocycles. The molecule has 1 saturated carbocycles.